The Morgan fingerprint density at radius 3 is 2.30 bits per heavy atom. The van der Waals surface area contributed by atoms with Crippen LogP contribution in [0.15, 0.2) is 53.4 Å². The van der Waals surface area contributed by atoms with E-state index in [0.29, 0.717) is 36.7 Å². The Labute approximate surface area is 220 Å². The van der Waals surface area contributed by atoms with E-state index in [2.05, 4.69) is 17.0 Å². The van der Waals surface area contributed by atoms with E-state index in [-0.39, 0.29) is 4.90 Å². The minimum absolute atomic E-state index is 0.278. The van der Waals surface area contributed by atoms with Gasteiger partial charge in [0.1, 0.15) is 11.6 Å². The Kier molecular flexibility index (Phi) is 9.21. The van der Waals surface area contributed by atoms with Crippen LogP contribution in [0.1, 0.15) is 45.4 Å². The summed E-state index contributed by atoms with van der Waals surface area (Å²) in [4.78, 5) is 11.7. The summed E-state index contributed by atoms with van der Waals surface area (Å²) in [5.41, 5.74) is 0.929. The third kappa shape index (κ3) is 7.32. The van der Waals surface area contributed by atoms with Crippen molar-refractivity contribution in [3.63, 3.8) is 0 Å². The lowest BCUT2D eigenvalue weighted by Gasteiger charge is -2.28. The Morgan fingerprint density at radius 1 is 0.946 bits per heavy atom. The average Bonchev–Trinajstić information content (AvgIpc) is 2.91. The van der Waals surface area contributed by atoms with Crippen molar-refractivity contribution in [2.75, 3.05) is 44.0 Å². The first-order valence-electron chi connectivity index (χ1n) is 13.3. The number of unbranched alkanes of at least 4 members (excludes halogenated alkanes) is 1. The molecule has 9 heteroatoms. The van der Waals surface area contributed by atoms with Gasteiger partial charge < -0.3 is 15.0 Å². The average molecular weight is 526 g/mol. The third-order valence-electron chi connectivity index (χ3n) is 6.98. The minimum atomic E-state index is -3.53. The molecular formula is C28H39N5O3S. The summed E-state index contributed by atoms with van der Waals surface area (Å²) in [5, 5.41) is 4.48. The molecule has 1 aliphatic rings. The Bertz CT molecular complexity index is 1260. The molecule has 2 aromatic carbocycles. The number of benzene rings is 2. The number of rotatable bonds is 12. The number of nitrogens with one attached hydrogen (secondary N) is 2. The highest BCUT2D eigenvalue weighted by Crippen LogP contribution is 2.30. The van der Waals surface area contributed by atoms with E-state index in [1.54, 1.807) is 24.3 Å². The fraction of sp³-hybridized carbons (Fsp3) is 0.500. The predicted molar refractivity (Wildman–Crippen MR) is 150 cm³/mol. The van der Waals surface area contributed by atoms with Crippen LogP contribution in [0.4, 0.5) is 11.8 Å². The fourth-order valence-corrected chi connectivity index (χ4v) is 5.83. The van der Waals surface area contributed by atoms with Gasteiger partial charge in [-0.15, -0.1) is 0 Å². The molecule has 37 heavy (non-hydrogen) atoms. The molecule has 0 spiro atoms. The number of fused-ring (bicyclic) bond motifs is 1. The van der Waals surface area contributed by atoms with Crippen LogP contribution in [0.5, 0.6) is 5.75 Å². The summed E-state index contributed by atoms with van der Waals surface area (Å²) < 4.78 is 34.0. The number of para-hydroxylation sites is 1. The van der Waals surface area contributed by atoms with Crippen LogP contribution in [-0.2, 0) is 10.0 Å². The monoisotopic (exact) mass is 525 g/mol. The fourth-order valence-electron chi connectivity index (χ4n) is 4.72. The maximum absolute atomic E-state index is 12.8. The molecular weight excluding hydrogens is 486 g/mol. The quantitative estimate of drug-likeness (QED) is 0.319. The number of ether oxygens (including phenoxy) is 1. The molecule has 4 rings (SSSR count). The minimum Gasteiger partial charge on any atom is -0.494 e. The molecule has 0 atom stereocenters. The summed E-state index contributed by atoms with van der Waals surface area (Å²) in [7, 11) is 0.455. The topological polar surface area (TPSA) is 96.5 Å². The van der Waals surface area contributed by atoms with Gasteiger partial charge in [0.05, 0.1) is 17.0 Å². The maximum atomic E-state index is 12.8. The van der Waals surface area contributed by atoms with Gasteiger partial charge in [0, 0.05) is 32.6 Å². The lowest BCUT2D eigenvalue weighted by Crippen LogP contribution is -2.32. The van der Waals surface area contributed by atoms with Crippen LogP contribution in [0.2, 0.25) is 0 Å². The van der Waals surface area contributed by atoms with Gasteiger partial charge in [0.15, 0.2) is 0 Å². The molecule has 0 radical (unpaired) electrons. The van der Waals surface area contributed by atoms with E-state index in [1.165, 1.54) is 0 Å². The standard InChI is InChI=1S/C28H39N5O3S/c1-4-5-18-36-23-14-16-24(17-15-23)37(34,35)30-20-22-12-10-21(11-13-22)19-29-28-31-26-9-7-6-8-25(26)27(32-28)33(2)3/h6-9,14-17,21-22,30H,4-5,10-13,18-20H2,1-3H3,(H,29,31,32)/t21-,22-. The van der Waals surface area contributed by atoms with Crippen molar-refractivity contribution >= 4 is 32.7 Å². The van der Waals surface area contributed by atoms with Gasteiger partial charge in [0.25, 0.3) is 0 Å². The number of hydrogen-bond acceptors (Lipinski definition) is 7. The van der Waals surface area contributed by atoms with Gasteiger partial charge in [0.2, 0.25) is 16.0 Å². The van der Waals surface area contributed by atoms with E-state index < -0.39 is 10.0 Å². The molecule has 3 aromatic rings. The highest BCUT2D eigenvalue weighted by molar-refractivity contribution is 7.89. The summed E-state index contributed by atoms with van der Waals surface area (Å²) in [5.74, 6) is 3.12. The van der Waals surface area contributed by atoms with E-state index in [0.717, 1.165) is 61.8 Å². The van der Waals surface area contributed by atoms with Gasteiger partial charge in [-0.1, -0.05) is 25.5 Å². The van der Waals surface area contributed by atoms with Crippen LogP contribution in [-0.4, -0.2) is 52.2 Å². The molecule has 0 unspecified atom stereocenters. The molecule has 8 nitrogen and oxygen atoms in total. The van der Waals surface area contributed by atoms with Crippen molar-refractivity contribution in [3.05, 3.63) is 48.5 Å². The lowest BCUT2D eigenvalue weighted by atomic mass is 9.82. The van der Waals surface area contributed by atoms with Gasteiger partial charge in [-0.2, -0.15) is 4.98 Å². The van der Waals surface area contributed by atoms with Crippen LogP contribution >= 0.6 is 0 Å². The molecule has 2 N–H and O–H groups in total. The van der Waals surface area contributed by atoms with Crippen LogP contribution in [0.3, 0.4) is 0 Å². The van der Waals surface area contributed by atoms with Crippen molar-refractivity contribution in [2.45, 2.75) is 50.3 Å². The van der Waals surface area contributed by atoms with E-state index in [4.69, 9.17) is 14.7 Å². The van der Waals surface area contributed by atoms with E-state index >= 15 is 0 Å². The number of anilines is 2. The highest BCUT2D eigenvalue weighted by Gasteiger charge is 2.24. The second kappa shape index (κ2) is 12.6. The van der Waals surface area contributed by atoms with E-state index in [1.807, 2.05) is 43.3 Å². The normalized spacial score (nSPS) is 18.0. The molecule has 1 saturated carbocycles. The molecule has 1 aliphatic carbocycles. The summed E-state index contributed by atoms with van der Waals surface area (Å²) in [6, 6.07) is 14.7. The first-order chi connectivity index (χ1) is 17.9. The van der Waals surface area contributed by atoms with Gasteiger partial charge in [-0.3, -0.25) is 0 Å². The third-order valence-corrected chi connectivity index (χ3v) is 8.42. The summed E-state index contributed by atoms with van der Waals surface area (Å²) in [6.07, 6.45) is 6.15. The van der Waals surface area contributed by atoms with Crippen molar-refractivity contribution in [1.82, 2.24) is 14.7 Å². The SMILES string of the molecule is CCCCOc1ccc(S(=O)(=O)NC[C@H]2CC[C@H](CNc3nc(N(C)C)c4ccccc4n3)CC2)cc1. The first-order valence-corrected chi connectivity index (χ1v) is 14.7. The van der Waals surface area contributed by atoms with Crippen LogP contribution < -0.4 is 19.7 Å². The van der Waals surface area contributed by atoms with Crippen LogP contribution in [0, 0.1) is 11.8 Å². The highest BCUT2D eigenvalue weighted by atomic mass is 32.2. The van der Waals surface area contributed by atoms with Crippen molar-refractivity contribution in [1.29, 1.82) is 0 Å². The predicted octanol–water partition coefficient (Wildman–Crippen LogP) is 5.07. The zero-order valence-electron chi connectivity index (χ0n) is 22.1. The van der Waals surface area contributed by atoms with Crippen LogP contribution in [0.25, 0.3) is 10.9 Å². The second-order valence-corrected chi connectivity index (χ2v) is 11.8. The van der Waals surface area contributed by atoms with Crippen molar-refractivity contribution in [3.8, 4) is 5.75 Å². The molecule has 200 valence electrons. The van der Waals surface area contributed by atoms with Gasteiger partial charge >= 0.3 is 0 Å². The summed E-state index contributed by atoms with van der Waals surface area (Å²) >= 11 is 0. The zero-order chi connectivity index (χ0) is 26.3. The van der Waals surface area contributed by atoms with Gasteiger partial charge in [-0.05, 0) is 80.3 Å². The Hall–Kier alpha value is -2.91. The number of nitrogens with zero attached hydrogens (tertiary/aromatic N) is 3. The maximum Gasteiger partial charge on any atom is 0.240 e. The number of sulfonamides is 1. The van der Waals surface area contributed by atoms with E-state index in [9.17, 15) is 8.42 Å². The van der Waals surface area contributed by atoms with Gasteiger partial charge in [-0.25, -0.2) is 18.1 Å². The smallest absolute Gasteiger partial charge is 0.240 e. The lowest BCUT2D eigenvalue weighted by molar-refractivity contribution is 0.284. The second-order valence-electron chi connectivity index (χ2n) is 10.1. The number of hydrogen-bond donors (Lipinski definition) is 2. The Balaban J connectivity index is 1.24. The molecule has 0 saturated heterocycles. The zero-order valence-corrected chi connectivity index (χ0v) is 22.9. The number of aromatic nitrogens is 2. The molecule has 0 bridgehead atoms. The van der Waals surface area contributed by atoms with Crippen molar-refractivity contribution in [2.24, 2.45) is 11.8 Å². The first kappa shape index (κ1) is 27.1. The molecule has 0 aliphatic heterocycles. The Morgan fingerprint density at radius 2 is 1.62 bits per heavy atom. The molecule has 0 amide bonds. The molecule has 1 heterocycles. The molecule has 1 aromatic heterocycles. The molecule has 1 fully saturated rings. The van der Waals surface area contributed by atoms with Crippen molar-refractivity contribution < 1.29 is 13.2 Å². The summed E-state index contributed by atoms with van der Waals surface area (Å²) in [6.45, 7) is 4.04. The largest absolute Gasteiger partial charge is 0.494 e.